The predicted molar refractivity (Wildman–Crippen MR) is 96.1 cm³/mol. The lowest BCUT2D eigenvalue weighted by Crippen LogP contribution is -2.28. The van der Waals surface area contributed by atoms with E-state index in [1.165, 1.54) is 0 Å². The SMILES string of the molecule is COC[C@@]1(CN)[C@H](S(=O)(=O)c2ccccc2)[C@@H]1c1ccc2c(c1)OCO2. The summed E-state index contributed by atoms with van der Waals surface area (Å²) in [7, 11) is -1.98. The third-order valence-electron chi connectivity index (χ3n) is 5.33. The number of benzene rings is 2. The number of methoxy groups -OCH3 is 1. The largest absolute Gasteiger partial charge is 0.454 e. The van der Waals surface area contributed by atoms with Gasteiger partial charge in [-0.2, -0.15) is 0 Å². The molecule has 1 saturated carbocycles. The maximum Gasteiger partial charge on any atom is 0.231 e. The number of fused-ring (bicyclic) bond motifs is 1. The van der Waals surface area contributed by atoms with Crippen LogP contribution in [0.25, 0.3) is 0 Å². The molecule has 1 fully saturated rings. The van der Waals surface area contributed by atoms with Crippen LogP contribution in [0.4, 0.5) is 0 Å². The van der Waals surface area contributed by atoms with Crippen molar-refractivity contribution in [1.82, 2.24) is 0 Å². The van der Waals surface area contributed by atoms with E-state index < -0.39 is 20.5 Å². The highest BCUT2D eigenvalue weighted by Crippen LogP contribution is 2.64. The molecule has 2 aromatic rings. The molecule has 2 aliphatic rings. The van der Waals surface area contributed by atoms with Gasteiger partial charge >= 0.3 is 0 Å². The van der Waals surface area contributed by atoms with Crippen LogP contribution in [0.3, 0.4) is 0 Å². The minimum atomic E-state index is -3.55. The fourth-order valence-electron chi connectivity index (χ4n) is 4.05. The average molecular weight is 375 g/mol. The molecule has 26 heavy (non-hydrogen) atoms. The first kappa shape index (κ1) is 17.3. The van der Waals surface area contributed by atoms with Crippen molar-refractivity contribution in [1.29, 1.82) is 0 Å². The molecule has 1 heterocycles. The standard InChI is InChI=1S/C19H21NO5S/c1-23-11-19(10-20)17(13-7-8-15-16(9-13)25-12-24-15)18(19)26(21,22)14-5-3-2-4-6-14/h2-9,17-18H,10-12,20H2,1H3/t17-,18+,19+/m0/s1. The monoisotopic (exact) mass is 375 g/mol. The molecule has 0 unspecified atom stereocenters. The Kier molecular flexibility index (Phi) is 4.17. The molecule has 0 saturated heterocycles. The van der Waals surface area contributed by atoms with E-state index in [1.807, 2.05) is 18.2 Å². The van der Waals surface area contributed by atoms with Gasteiger partial charge in [0.05, 0.1) is 16.8 Å². The number of hydrogen-bond donors (Lipinski definition) is 1. The zero-order valence-electron chi connectivity index (χ0n) is 14.4. The van der Waals surface area contributed by atoms with Gasteiger partial charge in [-0.3, -0.25) is 0 Å². The van der Waals surface area contributed by atoms with Crippen LogP contribution in [-0.4, -0.2) is 40.7 Å². The van der Waals surface area contributed by atoms with Crippen LogP contribution in [-0.2, 0) is 14.6 Å². The van der Waals surface area contributed by atoms with Gasteiger partial charge in [0.25, 0.3) is 0 Å². The Morgan fingerprint density at radius 3 is 2.58 bits per heavy atom. The van der Waals surface area contributed by atoms with E-state index in [0.29, 0.717) is 16.4 Å². The van der Waals surface area contributed by atoms with Gasteiger partial charge < -0.3 is 19.9 Å². The molecule has 0 bridgehead atoms. The quantitative estimate of drug-likeness (QED) is 0.830. The van der Waals surface area contributed by atoms with Gasteiger partial charge in [0.1, 0.15) is 0 Å². The van der Waals surface area contributed by atoms with Crippen molar-refractivity contribution in [2.75, 3.05) is 27.1 Å². The molecule has 6 nitrogen and oxygen atoms in total. The highest BCUT2D eigenvalue weighted by molar-refractivity contribution is 7.92. The maximum atomic E-state index is 13.3. The van der Waals surface area contributed by atoms with Crippen molar-refractivity contribution in [3.05, 3.63) is 54.1 Å². The van der Waals surface area contributed by atoms with Gasteiger partial charge in [0, 0.05) is 25.0 Å². The van der Waals surface area contributed by atoms with Crippen LogP contribution >= 0.6 is 0 Å². The lowest BCUT2D eigenvalue weighted by molar-refractivity contribution is 0.142. The molecule has 3 atom stereocenters. The minimum absolute atomic E-state index is 0.176. The fraction of sp³-hybridized carbons (Fsp3) is 0.368. The predicted octanol–water partition coefficient (Wildman–Crippen LogP) is 1.95. The van der Waals surface area contributed by atoms with Crippen molar-refractivity contribution in [2.45, 2.75) is 16.1 Å². The van der Waals surface area contributed by atoms with E-state index in [1.54, 1.807) is 37.4 Å². The van der Waals surface area contributed by atoms with Crippen molar-refractivity contribution < 1.29 is 22.6 Å². The second kappa shape index (κ2) is 6.26. The molecular formula is C19H21NO5S. The Balaban J connectivity index is 1.77. The van der Waals surface area contributed by atoms with Gasteiger partial charge in [-0.05, 0) is 29.8 Å². The lowest BCUT2D eigenvalue weighted by atomic mass is 9.99. The van der Waals surface area contributed by atoms with Gasteiger partial charge in [-0.25, -0.2) is 8.42 Å². The molecule has 0 aromatic heterocycles. The van der Waals surface area contributed by atoms with Crippen molar-refractivity contribution in [3.8, 4) is 11.5 Å². The summed E-state index contributed by atoms with van der Waals surface area (Å²) in [6, 6.07) is 14.1. The normalized spacial score (nSPS) is 26.7. The first-order chi connectivity index (χ1) is 12.5. The van der Waals surface area contributed by atoms with Crippen molar-refractivity contribution in [2.24, 2.45) is 11.1 Å². The maximum absolute atomic E-state index is 13.3. The Bertz CT molecular complexity index is 915. The van der Waals surface area contributed by atoms with Gasteiger partial charge in [-0.1, -0.05) is 24.3 Å². The van der Waals surface area contributed by atoms with Crippen LogP contribution < -0.4 is 15.2 Å². The van der Waals surface area contributed by atoms with E-state index in [0.717, 1.165) is 5.56 Å². The molecule has 138 valence electrons. The summed E-state index contributed by atoms with van der Waals surface area (Å²) < 4.78 is 42.8. The second-order valence-electron chi connectivity index (χ2n) is 6.74. The van der Waals surface area contributed by atoms with E-state index in [2.05, 4.69) is 0 Å². The molecule has 7 heteroatoms. The van der Waals surface area contributed by atoms with Crippen molar-refractivity contribution >= 4 is 9.84 Å². The van der Waals surface area contributed by atoms with Crippen LogP contribution in [0, 0.1) is 5.41 Å². The van der Waals surface area contributed by atoms with E-state index in [-0.39, 0.29) is 25.9 Å². The van der Waals surface area contributed by atoms with Crippen molar-refractivity contribution in [3.63, 3.8) is 0 Å². The molecule has 0 amide bonds. The van der Waals surface area contributed by atoms with E-state index in [9.17, 15) is 8.42 Å². The number of hydrogen-bond acceptors (Lipinski definition) is 6. The molecule has 1 aliphatic carbocycles. The summed E-state index contributed by atoms with van der Waals surface area (Å²) in [4.78, 5) is 0.308. The minimum Gasteiger partial charge on any atom is -0.454 e. The molecule has 2 N–H and O–H groups in total. The summed E-state index contributed by atoms with van der Waals surface area (Å²) in [5, 5.41) is -0.636. The molecule has 2 aromatic carbocycles. The first-order valence-corrected chi connectivity index (χ1v) is 9.97. The summed E-state index contributed by atoms with van der Waals surface area (Å²) in [6.07, 6.45) is 0. The highest BCUT2D eigenvalue weighted by Gasteiger charge is 2.70. The van der Waals surface area contributed by atoms with Gasteiger partial charge in [0.15, 0.2) is 21.3 Å². The number of sulfone groups is 1. The van der Waals surface area contributed by atoms with Crippen LogP contribution in [0.15, 0.2) is 53.4 Å². The number of rotatable bonds is 6. The topological polar surface area (TPSA) is 87.9 Å². The van der Waals surface area contributed by atoms with Crippen LogP contribution in [0.5, 0.6) is 11.5 Å². The molecular weight excluding hydrogens is 354 g/mol. The van der Waals surface area contributed by atoms with Crippen LogP contribution in [0.1, 0.15) is 11.5 Å². The molecule has 0 radical (unpaired) electrons. The summed E-state index contributed by atoms with van der Waals surface area (Å²) >= 11 is 0. The Hall–Kier alpha value is -2.09. The Labute approximate surface area is 152 Å². The van der Waals surface area contributed by atoms with E-state index in [4.69, 9.17) is 19.9 Å². The van der Waals surface area contributed by atoms with Gasteiger partial charge in [-0.15, -0.1) is 0 Å². The average Bonchev–Trinajstić information content (AvgIpc) is 3.10. The molecule has 4 rings (SSSR count). The Morgan fingerprint density at radius 2 is 1.88 bits per heavy atom. The second-order valence-corrected chi connectivity index (χ2v) is 8.81. The summed E-state index contributed by atoms with van der Waals surface area (Å²) in [5.74, 6) is 1.04. The van der Waals surface area contributed by atoms with Gasteiger partial charge in [0.2, 0.25) is 6.79 Å². The number of ether oxygens (including phenoxy) is 3. The van der Waals surface area contributed by atoms with E-state index >= 15 is 0 Å². The third kappa shape index (κ3) is 2.50. The summed E-state index contributed by atoms with van der Waals surface area (Å²) in [6.45, 7) is 0.672. The first-order valence-electron chi connectivity index (χ1n) is 8.42. The zero-order chi connectivity index (χ0) is 18.4. The molecule has 0 spiro atoms. The Morgan fingerprint density at radius 1 is 1.15 bits per heavy atom. The lowest BCUT2D eigenvalue weighted by Gasteiger charge is -2.15. The fourth-order valence-corrected chi connectivity index (χ4v) is 6.52. The van der Waals surface area contributed by atoms with Crippen LogP contribution in [0.2, 0.25) is 0 Å². The smallest absolute Gasteiger partial charge is 0.231 e. The summed E-state index contributed by atoms with van der Waals surface area (Å²) in [5.41, 5.74) is 6.28. The molecule has 1 aliphatic heterocycles. The zero-order valence-corrected chi connectivity index (χ0v) is 15.2. The third-order valence-corrected chi connectivity index (χ3v) is 7.67. The highest BCUT2D eigenvalue weighted by atomic mass is 32.2. The number of nitrogens with two attached hydrogens (primary N) is 1.